The molecule has 1 fully saturated rings. The summed E-state index contributed by atoms with van der Waals surface area (Å²) >= 11 is 0. The zero-order valence-electron chi connectivity index (χ0n) is 13.7. The molecular weight excluding hydrogens is 258 g/mol. The van der Waals surface area contributed by atoms with E-state index in [-0.39, 0.29) is 6.10 Å². The van der Waals surface area contributed by atoms with Crippen LogP contribution in [0.15, 0.2) is 30.3 Å². The Kier molecular flexibility index (Phi) is 7.25. The lowest BCUT2D eigenvalue weighted by molar-refractivity contribution is -0.0615. The fraction of sp³-hybridized carbons (Fsp3) is 0.684. The SMILES string of the molecule is CCCNCC(OC1CCCCC1CC)c1ccccc1. The topological polar surface area (TPSA) is 21.3 Å². The maximum Gasteiger partial charge on any atom is 0.0953 e. The van der Waals surface area contributed by atoms with Gasteiger partial charge in [-0.2, -0.15) is 0 Å². The Morgan fingerprint density at radius 3 is 2.62 bits per heavy atom. The summed E-state index contributed by atoms with van der Waals surface area (Å²) in [7, 11) is 0. The summed E-state index contributed by atoms with van der Waals surface area (Å²) in [5.74, 6) is 0.746. The Hall–Kier alpha value is -0.860. The standard InChI is InChI=1S/C19H31NO/c1-3-14-20-15-19(17-11-6-5-7-12-17)21-18-13-9-8-10-16(18)4-2/h5-7,11-12,16,18-20H,3-4,8-10,13-15H2,1-2H3. The molecule has 1 aromatic rings. The number of hydrogen-bond donors (Lipinski definition) is 1. The van der Waals surface area contributed by atoms with Gasteiger partial charge in [0.25, 0.3) is 0 Å². The highest BCUT2D eigenvalue weighted by Gasteiger charge is 2.27. The van der Waals surface area contributed by atoms with Crippen LogP contribution in [0.1, 0.15) is 64.0 Å². The molecule has 3 unspecified atom stereocenters. The number of ether oxygens (including phenoxy) is 1. The number of hydrogen-bond acceptors (Lipinski definition) is 2. The molecule has 0 heterocycles. The Labute approximate surface area is 130 Å². The smallest absolute Gasteiger partial charge is 0.0953 e. The zero-order valence-corrected chi connectivity index (χ0v) is 13.7. The van der Waals surface area contributed by atoms with E-state index in [1.165, 1.54) is 44.1 Å². The molecule has 0 bridgehead atoms. The summed E-state index contributed by atoms with van der Waals surface area (Å²) in [6.07, 6.45) is 8.32. The first-order valence-corrected chi connectivity index (χ1v) is 8.76. The van der Waals surface area contributed by atoms with Gasteiger partial charge in [-0.3, -0.25) is 0 Å². The average molecular weight is 289 g/mol. The maximum absolute atomic E-state index is 6.57. The fourth-order valence-electron chi connectivity index (χ4n) is 3.35. The van der Waals surface area contributed by atoms with Gasteiger partial charge in [0.2, 0.25) is 0 Å². The Bertz CT molecular complexity index is 378. The molecule has 3 atom stereocenters. The van der Waals surface area contributed by atoms with E-state index in [9.17, 15) is 0 Å². The lowest BCUT2D eigenvalue weighted by atomic mass is 9.84. The molecule has 1 aromatic carbocycles. The summed E-state index contributed by atoms with van der Waals surface area (Å²) in [5.41, 5.74) is 1.31. The van der Waals surface area contributed by atoms with Crippen molar-refractivity contribution in [2.24, 2.45) is 5.92 Å². The van der Waals surface area contributed by atoms with Gasteiger partial charge in [-0.1, -0.05) is 63.4 Å². The summed E-state index contributed by atoms with van der Waals surface area (Å²) in [5, 5.41) is 3.53. The third kappa shape index (κ3) is 5.12. The molecule has 0 saturated heterocycles. The van der Waals surface area contributed by atoms with E-state index >= 15 is 0 Å². The van der Waals surface area contributed by atoms with Crippen LogP contribution in [0.25, 0.3) is 0 Å². The predicted octanol–water partition coefficient (Wildman–Crippen LogP) is 4.71. The van der Waals surface area contributed by atoms with Crippen LogP contribution in [-0.2, 0) is 4.74 Å². The molecule has 1 N–H and O–H groups in total. The van der Waals surface area contributed by atoms with Crippen molar-refractivity contribution in [1.29, 1.82) is 0 Å². The average Bonchev–Trinajstić information content (AvgIpc) is 2.55. The van der Waals surface area contributed by atoms with Crippen LogP contribution in [0.5, 0.6) is 0 Å². The van der Waals surface area contributed by atoms with Gasteiger partial charge in [-0.05, 0) is 37.3 Å². The van der Waals surface area contributed by atoms with Gasteiger partial charge in [-0.25, -0.2) is 0 Å². The van der Waals surface area contributed by atoms with E-state index in [1.807, 2.05) is 0 Å². The van der Waals surface area contributed by atoms with E-state index in [2.05, 4.69) is 49.5 Å². The molecule has 0 aliphatic heterocycles. The molecule has 0 amide bonds. The summed E-state index contributed by atoms with van der Waals surface area (Å²) in [6, 6.07) is 10.7. The first kappa shape index (κ1) is 16.5. The van der Waals surface area contributed by atoms with Gasteiger partial charge in [0.1, 0.15) is 0 Å². The zero-order chi connectivity index (χ0) is 14.9. The molecule has 0 aromatic heterocycles. The predicted molar refractivity (Wildman–Crippen MR) is 89.5 cm³/mol. The van der Waals surface area contributed by atoms with Gasteiger partial charge in [0.05, 0.1) is 12.2 Å². The molecule has 2 heteroatoms. The van der Waals surface area contributed by atoms with Gasteiger partial charge >= 0.3 is 0 Å². The van der Waals surface area contributed by atoms with Crippen molar-refractivity contribution in [1.82, 2.24) is 5.32 Å². The van der Waals surface area contributed by atoms with Gasteiger partial charge in [0.15, 0.2) is 0 Å². The van der Waals surface area contributed by atoms with Crippen LogP contribution in [0.4, 0.5) is 0 Å². The Morgan fingerprint density at radius 2 is 1.90 bits per heavy atom. The minimum atomic E-state index is 0.190. The second-order valence-electron chi connectivity index (χ2n) is 6.23. The van der Waals surface area contributed by atoms with Crippen LogP contribution in [0.2, 0.25) is 0 Å². The number of rotatable bonds is 8. The van der Waals surface area contributed by atoms with Crippen molar-refractivity contribution in [2.45, 2.75) is 64.6 Å². The van der Waals surface area contributed by atoms with Crippen molar-refractivity contribution >= 4 is 0 Å². The summed E-state index contributed by atoms with van der Waals surface area (Å²) in [6.45, 7) is 6.50. The molecule has 1 saturated carbocycles. The first-order chi connectivity index (χ1) is 10.3. The van der Waals surface area contributed by atoms with Gasteiger partial charge < -0.3 is 10.1 Å². The number of nitrogens with one attached hydrogen (secondary N) is 1. The van der Waals surface area contributed by atoms with Crippen LogP contribution >= 0.6 is 0 Å². The van der Waals surface area contributed by atoms with Crippen LogP contribution < -0.4 is 5.32 Å². The maximum atomic E-state index is 6.57. The normalized spacial score (nSPS) is 23.9. The first-order valence-electron chi connectivity index (χ1n) is 8.76. The van der Waals surface area contributed by atoms with Crippen LogP contribution in [0.3, 0.4) is 0 Å². The molecular formula is C19H31NO. The second kappa shape index (κ2) is 9.22. The largest absolute Gasteiger partial charge is 0.369 e. The third-order valence-corrected chi connectivity index (χ3v) is 4.63. The van der Waals surface area contributed by atoms with Crippen molar-refractivity contribution in [3.63, 3.8) is 0 Å². The minimum absolute atomic E-state index is 0.190. The third-order valence-electron chi connectivity index (χ3n) is 4.63. The highest BCUT2D eigenvalue weighted by atomic mass is 16.5. The molecule has 0 radical (unpaired) electrons. The van der Waals surface area contributed by atoms with Crippen LogP contribution in [-0.4, -0.2) is 19.2 Å². The van der Waals surface area contributed by atoms with E-state index in [0.29, 0.717) is 6.10 Å². The minimum Gasteiger partial charge on any atom is -0.369 e. The molecule has 118 valence electrons. The lowest BCUT2D eigenvalue weighted by Gasteiger charge is -2.34. The fourth-order valence-corrected chi connectivity index (χ4v) is 3.35. The van der Waals surface area contributed by atoms with E-state index < -0.39 is 0 Å². The monoisotopic (exact) mass is 289 g/mol. The van der Waals surface area contributed by atoms with Gasteiger partial charge in [0, 0.05) is 6.54 Å². The molecule has 2 nitrogen and oxygen atoms in total. The summed E-state index contributed by atoms with van der Waals surface area (Å²) < 4.78 is 6.57. The second-order valence-corrected chi connectivity index (χ2v) is 6.23. The highest BCUT2D eigenvalue weighted by Crippen LogP contribution is 2.32. The molecule has 21 heavy (non-hydrogen) atoms. The molecule has 1 aliphatic carbocycles. The van der Waals surface area contributed by atoms with Crippen molar-refractivity contribution in [3.05, 3.63) is 35.9 Å². The van der Waals surface area contributed by atoms with E-state index in [4.69, 9.17) is 4.74 Å². The Balaban J connectivity index is 2.00. The highest BCUT2D eigenvalue weighted by molar-refractivity contribution is 5.18. The molecule has 0 spiro atoms. The van der Waals surface area contributed by atoms with E-state index in [0.717, 1.165) is 19.0 Å². The van der Waals surface area contributed by atoms with Gasteiger partial charge in [-0.15, -0.1) is 0 Å². The number of benzene rings is 1. The van der Waals surface area contributed by atoms with E-state index in [1.54, 1.807) is 0 Å². The van der Waals surface area contributed by atoms with Crippen LogP contribution in [0, 0.1) is 5.92 Å². The summed E-state index contributed by atoms with van der Waals surface area (Å²) in [4.78, 5) is 0. The van der Waals surface area contributed by atoms with Crippen molar-refractivity contribution < 1.29 is 4.74 Å². The Morgan fingerprint density at radius 1 is 1.14 bits per heavy atom. The molecule has 2 rings (SSSR count). The van der Waals surface area contributed by atoms with Crippen molar-refractivity contribution in [3.8, 4) is 0 Å². The molecule has 1 aliphatic rings. The van der Waals surface area contributed by atoms with Crippen molar-refractivity contribution in [2.75, 3.05) is 13.1 Å². The quantitative estimate of drug-likeness (QED) is 0.700. The lowest BCUT2D eigenvalue weighted by Crippen LogP contribution is -2.32.